The third kappa shape index (κ3) is 1.58. The van der Waals surface area contributed by atoms with Gasteiger partial charge in [-0.15, -0.1) is 0 Å². The molecular formula is C6H12O6. The molecule has 6 heteroatoms. The van der Waals surface area contributed by atoms with Gasteiger partial charge in [-0.2, -0.15) is 0 Å². The van der Waals surface area contributed by atoms with E-state index in [0.29, 0.717) is 0 Å². The first-order chi connectivity index (χ1) is 5.57. The van der Waals surface area contributed by atoms with Crippen LogP contribution in [0.25, 0.3) is 0 Å². The zero-order chi connectivity index (χ0) is 9.30. The standard InChI is InChI=1S/C6H12O6/c7-1-2-3(8)4(9)5(10)6(11)12-2/h2-11H,1H2/t2?,3-,4-,5?,6-/m1/s1. The van der Waals surface area contributed by atoms with E-state index in [9.17, 15) is 0 Å². The molecule has 0 aromatic heterocycles. The first kappa shape index (κ1) is 9.85. The highest BCUT2D eigenvalue weighted by Gasteiger charge is 2.42. The Kier molecular flexibility index (Phi) is 2.99. The molecule has 6 nitrogen and oxygen atoms in total. The molecule has 5 atom stereocenters. The Hall–Kier alpha value is -0.240. The normalized spacial score (nSPS) is 49.2. The predicted octanol–water partition coefficient (Wildman–Crippen LogP) is -3.22. The second-order valence-corrected chi connectivity index (χ2v) is 2.72. The van der Waals surface area contributed by atoms with Crippen molar-refractivity contribution in [3.63, 3.8) is 0 Å². The summed E-state index contributed by atoms with van der Waals surface area (Å²) in [6.45, 7) is -0.526. The topological polar surface area (TPSA) is 110 Å². The van der Waals surface area contributed by atoms with E-state index in [1.54, 1.807) is 0 Å². The fourth-order valence-electron chi connectivity index (χ4n) is 1.08. The molecule has 12 heavy (non-hydrogen) atoms. The first-order valence-electron chi connectivity index (χ1n) is 3.56. The van der Waals surface area contributed by atoms with Gasteiger partial charge in [0.05, 0.1) is 6.61 Å². The zero-order valence-electron chi connectivity index (χ0n) is 6.24. The molecule has 5 N–H and O–H groups in total. The molecule has 0 aromatic carbocycles. The lowest BCUT2D eigenvalue weighted by Gasteiger charge is -2.37. The third-order valence-corrected chi connectivity index (χ3v) is 1.87. The number of rotatable bonds is 1. The highest BCUT2D eigenvalue weighted by molar-refractivity contribution is 4.87. The fraction of sp³-hybridized carbons (Fsp3) is 1.00. The third-order valence-electron chi connectivity index (χ3n) is 1.87. The smallest absolute Gasteiger partial charge is 0.184 e. The van der Waals surface area contributed by atoms with E-state index in [1.165, 1.54) is 0 Å². The molecular weight excluding hydrogens is 168 g/mol. The molecule has 0 amide bonds. The maximum Gasteiger partial charge on any atom is 0.184 e. The van der Waals surface area contributed by atoms with Crippen LogP contribution in [0.5, 0.6) is 0 Å². The quantitative estimate of drug-likeness (QED) is 0.290. The van der Waals surface area contributed by atoms with Gasteiger partial charge >= 0.3 is 0 Å². The molecule has 72 valence electrons. The van der Waals surface area contributed by atoms with Crippen LogP contribution in [-0.2, 0) is 4.74 Å². The van der Waals surface area contributed by atoms with Gasteiger partial charge in [-0.3, -0.25) is 0 Å². The van der Waals surface area contributed by atoms with Crippen molar-refractivity contribution in [1.29, 1.82) is 0 Å². The molecule has 1 aliphatic heterocycles. The molecule has 0 saturated carbocycles. The maximum atomic E-state index is 9.12. The van der Waals surface area contributed by atoms with Gasteiger partial charge in [-0.1, -0.05) is 0 Å². The van der Waals surface area contributed by atoms with Crippen molar-refractivity contribution in [2.45, 2.75) is 30.7 Å². The van der Waals surface area contributed by atoms with Gasteiger partial charge in [-0.25, -0.2) is 0 Å². The number of hydrogen-bond acceptors (Lipinski definition) is 6. The zero-order valence-corrected chi connectivity index (χ0v) is 6.24. The number of aliphatic hydroxyl groups is 5. The molecule has 1 saturated heterocycles. The molecule has 2 unspecified atom stereocenters. The average molecular weight is 180 g/mol. The summed E-state index contributed by atoms with van der Waals surface area (Å²) in [4.78, 5) is 0. The molecule has 0 radical (unpaired) electrons. The summed E-state index contributed by atoms with van der Waals surface area (Å²) in [7, 11) is 0. The van der Waals surface area contributed by atoms with E-state index < -0.39 is 37.3 Å². The first-order valence-corrected chi connectivity index (χ1v) is 3.56. The van der Waals surface area contributed by atoms with E-state index in [2.05, 4.69) is 4.74 Å². The SMILES string of the molecule is OCC1O[C@@H](O)C(O)[C@H](O)[C@@H]1O. The van der Waals surface area contributed by atoms with E-state index in [1.807, 2.05) is 0 Å². The van der Waals surface area contributed by atoms with E-state index in [0.717, 1.165) is 0 Å². The summed E-state index contributed by atoms with van der Waals surface area (Å²) < 4.78 is 4.58. The van der Waals surface area contributed by atoms with Crippen LogP contribution in [-0.4, -0.2) is 62.8 Å². The molecule has 0 aliphatic carbocycles. The Balaban J connectivity index is 2.63. The maximum absolute atomic E-state index is 9.12. The van der Waals surface area contributed by atoms with Crippen molar-refractivity contribution in [2.75, 3.05) is 6.61 Å². The van der Waals surface area contributed by atoms with Crippen molar-refractivity contribution >= 4 is 0 Å². The molecule has 1 fully saturated rings. The van der Waals surface area contributed by atoms with Gasteiger partial charge in [0.2, 0.25) is 0 Å². The Labute approximate surface area is 68.6 Å². The molecule has 1 aliphatic rings. The van der Waals surface area contributed by atoms with E-state index >= 15 is 0 Å². The molecule has 1 heterocycles. The van der Waals surface area contributed by atoms with Crippen LogP contribution in [0.1, 0.15) is 0 Å². The van der Waals surface area contributed by atoms with E-state index in [-0.39, 0.29) is 0 Å². The summed E-state index contributed by atoms with van der Waals surface area (Å²) in [5.74, 6) is 0. The highest BCUT2D eigenvalue weighted by Crippen LogP contribution is 2.18. The van der Waals surface area contributed by atoms with Crippen LogP contribution in [0.2, 0.25) is 0 Å². The second kappa shape index (κ2) is 3.65. The lowest BCUT2D eigenvalue weighted by Crippen LogP contribution is -2.58. The average Bonchev–Trinajstić information content (AvgIpc) is 2.08. The van der Waals surface area contributed by atoms with Crippen molar-refractivity contribution in [2.24, 2.45) is 0 Å². The Bertz CT molecular complexity index is 146. The highest BCUT2D eigenvalue weighted by atomic mass is 16.6. The van der Waals surface area contributed by atoms with E-state index in [4.69, 9.17) is 25.5 Å². The van der Waals surface area contributed by atoms with Crippen LogP contribution < -0.4 is 0 Å². The summed E-state index contributed by atoms with van der Waals surface area (Å²) >= 11 is 0. The number of aliphatic hydroxyl groups excluding tert-OH is 5. The van der Waals surface area contributed by atoms with Gasteiger partial charge < -0.3 is 30.3 Å². The van der Waals surface area contributed by atoms with Gasteiger partial charge in [0.15, 0.2) is 6.29 Å². The summed E-state index contributed by atoms with van der Waals surface area (Å²) in [5.41, 5.74) is 0. The van der Waals surface area contributed by atoms with Crippen LogP contribution >= 0.6 is 0 Å². The Morgan fingerprint density at radius 2 is 1.50 bits per heavy atom. The minimum atomic E-state index is -1.57. The second-order valence-electron chi connectivity index (χ2n) is 2.72. The summed E-state index contributed by atoms with van der Waals surface area (Å²) in [5, 5.41) is 44.7. The minimum absolute atomic E-state index is 0.526. The van der Waals surface area contributed by atoms with Crippen molar-refractivity contribution in [3.05, 3.63) is 0 Å². The summed E-state index contributed by atoms with van der Waals surface area (Å²) in [6, 6.07) is 0. The lowest BCUT2D eigenvalue weighted by atomic mass is 10.00. The Morgan fingerprint density at radius 1 is 0.917 bits per heavy atom. The van der Waals surface area contributed by atoms with Gasteiger partial charge in [0, 0.05) is 0 Å². The van der Waals surface area contributed by atoms with Crippen molar-refractivity contribution in [1.82, 2.24) is 0 Å². The van der Waals surface area contributed by atoms with Gasteiger partial charge in [-0.05, 0) is 0 Å². The molecule has 0 aromatic rings. The van der Waals surface area contributed by atoms with Crippen molar-refractivity contribution < 1.29 is 30.3 Å². The molecule has 1 rings (SSSR count). The summed E-state index contributed by atoms with van der Waals surface area (Å²) in [6.07, 6.45) is -7.04. The van der Waals surface area contributed by atoms with Gasteiger partial charge in [0.1, 0.15) is 24.4 Å². The molecule has 0 spiro atoms. The minimum Gasteiger partial charge on any atom is -0.394 e. The van der Waals surface area contributed by atoms with Crippen LogP contribution in [0.3, 0.4) is 0 Å². The Morgan fingerprint density at radius 3 is 2.00 bits per heavy atom. The molecule has 0 bridgehead atoms. The monoisotopic (exact) mass is 180 g/mol. The fourth-order valence-corrected chi connectivity index (χ4v) is 1.08. The van der Waals surface area contributed by atoms with Crippen LogP contribution in [0.15, 0.2) is 0 Å². The van der Waals surface area contributed by atoms with Gasteiger partial charge in [0.25, 0.3) is 0 Å². The lowest BCUT2D eigenvalue weighted by molar-refractivity contribution is -0.286. The predicted molar refractivity (Wildman–Crippen MR) is 36.0 cm³/mol. The van der Waals surface area contributed by atoms with Crippen LogP contribution in [0.4, 0.5) is 0 Å². The number of ether oxygens (including phenoxy) is 1. The largest absolute Gasteiger partial charge is 0.394 e. The van der Waals surface area contributed by atoms with Crippen molar-refractivity contribution in [3.8, 4) is 0 Å². The van der Waals surface area contributed by atoms with Crippen LogP contribution in [0, 0.1) is 0 Å². The number of hydrogen-bond donors (Lipinski definition) is 5.